The first-order valence-electron chi connectivity index (χ1n) is 5.06. The van der Waals surface area contributed by atoms with Gasteiger partial charge in [-0.25, -0.2) is 0 Å². The van der Waals surface area contributed by atoms with Gasteiger partial charge >= 0.3 is 0 Å². The van der Waals surface area contributed by atoms with Crippen LogP contribution in [0.1, 0.15) is 27.2 Å². The molecule has 0 radical (unpaired) electrons. The summed E-state index contributed by atoms with van der Waals surface area (Å²) >= 11 is 0. The molecular formula is C11H20N2O. The molecule has 3 nitrogen and oxygen atoms in total. The van der Waals surface area contributed by atoms with Gasteiger partial charge < -0.3 is 10.2 Å². The molecule has 0 saturated heterocycles. The maximum absolute atomic E-state index is 11.5. The van der Waals surface area contributed by atoms with Crippen LogP contribution in [0.4, 0.5) is 0 Å². The van der Waals surface area contributed by atoms with Crippen molar-refractivity contribution >= 4 is 5.91 Å². The van der Waals surface area contributed by atoms with Crippen molar-refractivity contribution in [3.8, 4) is 12.3 Å². The molecule has 3 heteroatoms. The largest absolute Gasteiger partial charge is 0.332 e. The molecule has 0 aromatic carbocycles. The topological polar surface area (TPSA) is 32.3 Å². The summed E-state index contributed by atoms with van der Waals surface area (Å²) in [5.74, 6) is 2.61. The van der Waals surface area contributed by atoms with E-state index in [-0.39, 0.29) is 5.91 Å². The summed E-state index contributed by atoms with van der Waals surface area (Å²) < 4.78 is 0. The number of rotatable bonds is 6. The molecule has 1 amide bonds. The fourth-order valence-electron chi connectivity index (χ4n) is 1.11. The molecule has 0 aromatic rings. The average Bonchev–Trinajstić information content (AvgIpc) is 2.13. The van der Waals surface area contributed by atoms with Crippen LogP contribution in [0.25, 0.3) is 0 Å². The van der Waals surface area contributed by atoms with E-state index in [0.29, 0.717) is 25.6 Å². The van der Waals surface area contributed by atoms with Crippen LogP contribution in [0.15, 0.2) is 0 Å². The predicted molar refractivity (Wildman–Crippen MR) is 58.8 cm³/mol. The third kappa shape index (κ3) is 5.60. The molecule has 0 bridgehead atoms. The van der Waals surface area contributed by atoms with Gasteiger partial charge in [0.25, 0.3) is 0 Å². The number of terminal acetylenes is 1. The zero-order valence-electron chi connectivity index (χ0n) is 9.34. The quantitative estimate of drug-likeness (QED) is 0.639. The Labute approximate surface area is 86.9 Å². The van der Waals surface area contributed by atoms with Crippen molar-refractivity contribution in [3.63, 3.8) is 0 Å². The standard InChI is InChI=1S/C11H20N2O/c1-5-9-13(6-2)11(14)7-8-12-10(3)4/h1,10,12H,6-9H2,2-4H3. The van der Waals surface area contributed by atoms with Gasteiger partial charge in [-0.05, 0) is 6.92 Å². The van der Waals surface area contributed by atoms with Crippen molar-refractivity contribution < 1.29 is 4.79 Å². The third-order valence-electron chi connectivity index (χ3n) is 1.91. The van der Waals surface area contributed by atoms with Crippen molar-refractivity contribution in [2.45, 2.75) is 33.2 Å². The first-order valence-corrected chi connectivity index (χ1v) is 5.06. The maximum atomic E-state index is 11.5. The number of hydrogen-bond donors (Lipinski definition) is 1. The van der Waals surface area contributed by atoms with Crippen molar-refractivity contribution in [1.29, 1.82) is 0 Å². The van der Waals surface area contributed by atoms with E-state index in [0.717, 1.165) is 6.54 Å². The highest BCUT2D eigenvalue weighted by molar-refractivity contribution is 5.76. The van der Waals surface area contributed by atoms with Gasteiger partial charge in [-0.2, -0.15) is 0 Å². The van der Waals surface area contributed by atoms with Gasteiger partial charge in [0, 0.05) is 25.6 Å². The molecule has 0 rings (SSSR count). The minimum atomic E-state index is 0.124. The molecule has 0 spiro atoms. The van der Waals surface area contributed by atoms with Gasteiger partial charge in [0.15, 0.2) is 0 Å². The Kier molecular flexibility index (Phi) is 6.87. The summed E-state index contributed by atoms with van der Waals surface area (Å²) in [4.78, 5) is 13.2. The van der Waals surface area contributed by atoms with Crippen LogP contribution in [-0.2, 0) is 4.79 Å². The molecule has 0 heterocycles. The molecule has 0 atom stereocenters. The number of carbonyl (C=O) groups excluding carboxylic acids is 1. The van der Waals surface area contributed by atoms with Crippen molar-refractivity contribution in [1.82, 2.24) is 10.2 Å². The Bertz CT molecular complexity index is 206. The van der Waals surface area contributed by atoms with E-state index in [1.54, 1.807) is 4.90 Å². The van der Waals surface area contributed by atoms with Gasteiger partial charge in [0.05, 0.1) is 6.54 Å². The molecule has 0 unspecified atom stereocenters. The first kappa shape index (κ1) is 13.0. The third-order valence-corrected chi connectivity index (χ3v) is 1.91. The highest BCUT2D eigenvalue weighted by Crippen LogP contribution is 1.93. The molecule has 0 aliphatic heterocycles. The van der Waals surface area contributed by atoms with E-state index < -0.39 is 0 Å². The van der Waals surface area contributed by atoms with Gasteiger partial charge in [-0.3, -0.25) is 4.79 Å². The molecular weight excluding hydrogens is 176 g/mol. The van der Waals surface area contributed by atoms with Crippen LogP contribution in [-0.4, -0.2) is 36.5 Å². The molecule has 80 valence electrons. The molecule has 0 aliphatic rings. The SMILES string of the molecule is C#CCN(CC)C(=O)CCNC(C)C. The van der Waals surface area contributed by atoms with Crippen LogP contribution >= 0.6 is 0 Å². The number of carbonyl (C=O) groups is 1. The molecule has 1 N–H and O–H groups in total. The van der Waals surface area contributed by atoms with Crippen molar-refractivity contribution in [2.24, 2.45) is 0 Å². The van der Waals surface area contributed by atoms with E-state index in [2.05, 4.69) is 25.1 Å². The summed E-state index contributed by atoms with van der Waals surface area (Å²) in [6, 6.07) is 0.422. The number of nitrogens with zero attached hydrogens (tertiary/aromatic N) is 1. The van der Waals surface area contributed by atoms with Gasteiger partial charge in [-0.1, -0.05) is 19.8 Å². The first-order chi connectivity index (χ1) is 6.61. The van der Waals surface area contributed by atoms with Crippen LogP contribution in [0, 0.1) is 12.3 Å². The zero-order valence-corrected chi connectivity index (χ0v) is 9.34. The zero-order chi connectivity index (χ0) is 11.0. The maximum Gasteiger partial charge on any atom is 0.224 e. The van der Waals surface area contributed by atoms with Crippen LogP contribution in [0.3, 0.4) is 0 Å². The van der Waals surface area contributed by atoms with E-state index in [4.69, 9.17) is 6.42 Å². The van der Waals surface area contributed by atoms with Gasteiger partial charge in [0.1, 0.15) is 0 Å². The second-order valence-corrected chi connectivity index (χ2v) is 3.47. The molecule has 0 saturated carbocycles. The van der Waals surface area contributed by atoms with E-state index in [9.17, 15) is 4.79 Å². The minimum absolute atomic E-state index is 0.124. The summed E-state index contributed by atoms with van der Waals surface area (Å²) in [6.45, 7) is 7.87. The second-order valence-electron chi connectivity index (χ2n) is 3.47. The lowest BCUT2D eigenvalue weighted by Gasteiger charge is -2.18. The minimum Gasteiger partial charge on any atom is -0.332 e. The fraction of sp³-hybridized carbons (Fsp3) is 0.727. The highest BCUT2D eigenvalue weighted by Gasteiger charge is 2.09. The summed E-state index contributed by atoms with van der Waals surface area (Å²) in [7, 11) is 0. The van der Waals surface area contributed by atoms with Gasteiger partial charge in [-0.15, -0.1) is 6.42 Å². The molecule has 0 aromatic heterocycles. The molecule has 0 aliphatic carbocycles. The highest BCUT2D eigenvalue weighted by atomic mass is 16.2. The average molecular weight is 196 g/mol. The van der Waals surface area contributed by atoms with E-state index >= 15 is 0 Å². The summed E-state index contributed by atoms with van der Waals surface area (Å²) in [5.41, 5.74) is 0. The summed E-state index contributed by atoms with van der Waals surface area (Å²) in [6.07, 6.45) is 5.68. The molecule has 0 fully saturated rings. The smallest absolute Gasteiger partial charge is 0.224 e. The summed E-state index contributed by atoms with van der Waals surface area (Å²) in [5, 5.41) is 3.20. The predicted octanol–water partition coefficient (Wildman–Crippen LogP) is 0.856. The van der Waals surface area contributed by atoms with Crippen molar-refractivity contribution in [2.75, 3.05) is 19.6 Å². The number of amides is 1. The second kappa shape index (κ2) is 7.40. The number of hydrogen-bond acceptors (Lipinski definition) is 2. The normalized spacial score (nSPS) is 9.93. The fourth-order valence-corrected chi connectivity index (χ4v) is 1.11. The number of nitrogens with one attached hydrogen (secondary N) is 1. The van der Waals surface area contributed by atoms with E-state index in [1.807, 2.05) is 6.92 Å². The Hall–Kier alpha value is -1.01. The molecule has 14 heavy (non-hydrogen) atoms. The van der Waals surface area contributed by atoms with Crippen LogP contribution in [0.5, 0.6) is 0 Å². The Balaban J connectivity index is 3.76. The Morgan fingerprint density at radius 2 is 2.21 bits per heavy atom. The van der Waals surface area contributed by atoms with Crippen molar-refractivity contribution in [3.05, 3.63) is 0 Å². The lowest BCUT2D eigenvalue weighted by molar-refractivity contribution is -0.130. The monoisotopic (exact) mass is 196 g/mol. The van der Waals surface area contributed by atoms with Gasteiger partial charge in [0.2, 0.25) is 5.91 Å². The van der Waals surface area contributed by atoms with E-state index in [1.165, 1.54) is 0 Å². The Morgan fingerprint density at radius 1 is 1.57 bits per heavy atom. The van der Waals surface area contributed by atoms with Crippen LogP contribution in [0.2, 0.25) is 0 Å². The Morgan fingerprint density at radius 3 is 2.64 bits per heavy atom. The lowest BCUT2D eigenvalue weighted by atomic mass is 10.3. The lowest BCUT2D eigenvalue weighted by Crippen LogP contribution is -2.34. The van der Waals surface area contributed by atoms with Crippen LogP contribution < -0.4 is 5.32 Å².